The molecule has 0 bridgehead atoms. The summed E-state index contributed by atoms with van der Waals surface area (Å²) in [6, 6.07) is 3.93. The summed E-state index contributed by atoms with van der Waals surface area (Å²) in [5.74, 6) is 0. The molecular weight excluding hydrogens is 309 g/mol. The largest absolute Gasteiger partial charge is 0.418 e. The van der Waals surface area contributed by atoms with E-state index in [-0.39, 0.29) is 11.7 Å². The van der Waals surface area contributed by atoms with Gasteiger partial charge in [-0.05, 0) is 24.6 Å². The molecule has 18 heavy (non-hydrogen) atoms. The molecule has 1 atom stereocenters. The van der Waals surface area contributed by atoms with Crippen molar-refractivity contribution in [3.05, 3.63) is 28.2 Å². The zero-order valence-electron chi connectivity index (χ0n) is 10.0. The molecule has 0 fully saturated rings. The quantitative estimate of drug-likeness (QED) is 0.858. The molecule has 102 valence electrons. The van der Waals surface area contributed by atoms with E-state index in [1.165, 1.54) is 6.07 Å². The van der Waals surface area contributed by atoms with E-state index in [0.717, 1.165) is 18.9 Å². The fraction of sp³-hybridized carbons (Fsp3) is 0.500. The number of anilines is 1. The van der Waals surface area contributed by atoms with Crippen molar-refractivity contribution >= 4 is 21.6 Å². The number of hydrogen-bond donors (Lipinski definition) is 2. The first-order chi connectivity index (χ1) is 8.38. The second-order valence-corrected chi connectivity index (χ2v) is 4.97. The minimum atomic E-state index is -4.38. The third-order valence-corrected chi connectivity index (χ3v) is 3.06. The molecule has 0 aromatic heterocycles. The van der Waals surface area contributed by atoms with Crippen LogP contribution < -0.4 is 11.1 Å². The Morgan fingerprint density at radius 3 is 2.56 bits per heavy atom. The van der Waals surface area contributed by atoms with E-state index in [0.29, 0.717) is 11.0 Å². The molecule has 6 heteroatoms. The predicted molar refractivity (Wildman–Crippen MR) is 70.5 cm³/mol. The smallest absolute Gasteiger partial charge is 0.381 e. The Balaban J connectivity index is 3.01. The number of halogens is 4. The Kier molecular flexibility index (Phi) is 5.47. The van der Waals surface area contributed by atoms with Gasteiger partial charge in [-0.3, -0.25) is 0 Å². The van der Waals surface area contributed by atoms with Crippen molar-refractivity contribution in [1.29, 1.82) is 0 Å². The van der Waals surface area contributed by atoms with Gasteiger partial charge in [0.15, 0.2) is 0 Å². The van der Waals surface area contributed by atoms with Gasteiger partial charge in [0, 0.05) is 22.7 Å². The molecule has 0 radical (unpaired) electrons. The van der Waals surface area contributed by atoms with Crippen LogP contribution in [0.1, 0.15) is 25.3 Å². The second kappa shape index (κ2) is 6.43. The summed E-state index contributed by atoms with van der Waals surface area (Å²) in [5.41, 5.74) is 4.95. The van der Waals surface area contributed by atoms with Crippen LogP contribution in [0, 0.1) is 0 Å². The van der Waals surface area contributed by atoms with Crippen molar-refractivity contribution in [2.75, 3.05) is 11.9 Å². The molecular formula is C12H16BrF3N2. The Hall–Kier alpha value is -0.750. The van der Waals surface area contributed by atoms with E-state index in [1.54, 1.807) is 6.07 Å². The van der Waals surface area contributed by atoms with Crippen LogP contribution in [0.4, 0.5) is 18.9 Å². The van der Waals surface area contributed by atoms with Crippen LogP contribution in [0.2, 0.25) is 0 Å². The van der Waals surface area contributed by atoms with Gasteiger partial charge >= 0.3 is 6.18 Å². The number of alkyl halides is 3. The molecule has 0 amide bonds. The van der Waals surface area contributed by atoms with Gasteiger partial charge in [0.25, 0.3) is 0 Å². The summed E-state index contributed by atoms with van der Waals surface area (Å²) in [4.78, 5) is 0. The van der Waals surface area contributed by atoms with Crippen molar-refractivity contribution in [2.45, 2.75) is 32.0 Å². The van der Waals surface area contributed by atoms with Gasteiger partial charge in [-0.25, -0.2) is 0 Å². The summed E-state index contributed by atoms with van der Waals surface area (Å²) >= 11 is 3.05. The molecule has 0 aliphatic heterocycles. The van der Waals surface area contributed by atoms with Crippen LogP contribution >= 0.6 is 15.9 Å². The van der Waals surface area contributed by atoms with E-state index in [2.05, 4.69) is 21.2 Å². The maximum absolute atomic E-state index is 12.9. The highest BCUT2D eigenvalue weighted by Gasteiger charge is 2.34. The maximum atomic E-state index is 12.9. The third-order valence-electron chi connectivity index (χ3n) is 2.57. The highest BCUT2D eigenvalue weighted by molar-refractivity contribution is 9.10. The van der Waals surface area contributed by atoms with Crippen molar-refractivity contribution in [3.63, 3.8) is 0 Å². The highest BCUT2D eigenvalue weighted by Crippen LogP contribution is 2.36. The van der Waals surface area contributed by atoms with E-state index >= 15 is 0 Å². The molecule has 3 N–H and O–H groups in total. The number of rotatable bonds is 5. The molecule has 0 saturated heterocycles. The van der Waals surface area contributed by atoms with E-state index in [9.17, 15) is 13.2 Å². The van der Waals surface area contributed by atoms with Crippen molar-refractivity contribution < 1.29 is 13.2 Å². The Morgan fingerprint density at radius 1 is 1.39 bits per heavy atom. The number of nitrogens with one attached hydrogen (secondary N) is 1. The average Bonchev–Trinajstić information content (AvgIpc) is 2.29. The number of benzene rings is 1. The van der Waals surface area contributed by atoms with Gasteiger partial charge in [-0.1, -0.05) is 29.3 Å². The standard InChI is InChI=1S/C12H16BrF3N2/c1-2-3-9(7-17)18-11-5-4-8(13)6-10(11)12(14,15)16/h4-6,9,18H,2-3,7,17H2,1H3. The Morgan fingerprint density at radius 2 is 2.06 bits per heavy atom. The molecule has 0 heterocycles. The summed E-state index contributed by atoms with van der Waals surface area (Å²) in [6.07, 6.45) is -2.77. The molecule has 1 aromatic carbocycles. The van der Waals surface area contributed by atoms with Gasteiger partial charge in [0.2, 0.25) is 0 Å². The van der Waals surface area contributed by atoms with Crippen molar-refractivity contribution in [1.82, 2.24) is 0 Å². The molecule has 0 spiro atoms. The SMILES string of the molecule is CCCC(CN)Nc1ccc(Br)cc1C(F)(F)F. The molecule has 1 rings (SSSR count). The topological polar surface area (TPSA) is 38.0 Å². The van der Waals surface area contributed by atoms with Crippen LogP contribution in [0.5, 0.6) is 0 Å². The lowest BCUT2D eigenvalue weighted by molar-refractivity contribution is -0.137. The first-order valence-corrected chi connectivity index (χ1v) is 6.51. The van der Waals surface area contributed by atoms with Crippen molar-refractivity contribution in [3.8, 4) is 0 Å². The van der Waals surface area contributed by atoms with Crippen LogP contribution in [-0.2, 0) is 6.18 Å². The maximum Gasteiger partial charge on any atom is 0.418 e. The molecule has 2 nitrogen and oxygen atoms in total. The van der Waals surface area contributed by atoms with Crippen LogP contribution in [0.3, 0.4) is 0 Å². The van der Waals surface area contributed by atoms with Gasteiger partial charge in [0.05, 0.1) is 5.56 Å². The van der Waals surface area contributed by atoms with E-state index in [4.69, 9.17) is 5.73 Å². The zero-order valence-corrected chi connectivity index (χ0v) is 11.6. The molecule has 0 saturated carbocycles. The summed E-state index contributed by atoms with van der Waals surface area (Å²) < 4.78 is 39.0. The molecule has 0 aliphatic carbocycles. The van der Waals surface area contributed by atoms with Gasteiger partial charge in [-0.2, -0.15) is 13.2 Å². The molecule has 0 aliphatic rings. The number of nitrogens with two attached hydrogens (primary N) is 1. The average molecular weight is 325 g/mol. The monoisotopic (exact) mass is 324 g/mol. The fourth-order valence-corrected chi connectivity index (χ4v) is 2.06. The minimum absolute atomic E-state index is 0.0783. The first kappa shape index (κ1) is 15.3. The zero-order chi connectivity index (χ0) is 13.8. The lowest BCUT2D eigenvalue weighted by Gasteiger charge is -2.21. The number of hydrogen-bond acceptors (Lipinski definition) is 2. The van der Waals surface area contributed by atoms with Gasteiger partial charge in [-0.15, -0.1) is 0 Å². The first-order valence-electron chi connectivity index (χ1n) is 5.71. The van der Waals surface area contributed by atoms with Crippen LogP contribution in [-0.4, -0.2) is 12.6 Å². The van der Waals surface area contributed by atoms with Crippen LogP contribution in [0.25, 0.3) is 0 Å². The predicted octanol–water partition coefficient (Wildman–Crippen LogP) is 4.01. The van der Waals surface area contributed by atoms with Crippen LogP contribution in [0.15, 0.2) is 22.7 Å². The van der Waals surface area contributed by atoms with E-state index in [1.807, 2.05) is 6.92 Å². The summed E-state index contributed by atoms with van der Waals surface area (Å²) in [5, 5.41) is 2.87. The van der Waals surface area contributed by atoms with Gasteiger partial charge < -0.3 is 11.1 Å². The summed E-state index contributed by atoms with van der Waals surface area (Å²) in [7, 11) is 0. The summed E-state index contributed by atoms with van der Waals surface area (Å²) in [6.45, 7) is 2.28. The van der Waals surface area contributed by atoms with E-state index < -0.39 is 11.7 Å². The fourth-order valence-electron chi connectivity index (χ4n) is 1.69. The third kappa shape index (κ3) is 4.17. The lowest BCUT2D eigenvalue weighted by atomic mass is 10.1. The Bertz CT molecular complexity index is 393. The normalized spacial score (nSPS) is 13.4. The second-order valence-electron chi connectivity index (χ2n) is 4.05. The minimum Gasteiger partial charge on any atom is -0.381 e. The molecule has 1 unspecified atom stereocenters. The highest BCUT2D eigenvalue weighted by atomic mass is 79.9. The van der Waals surface area contributed by atoms with Gasteiger partial charge in [0.1, 0.15) is 0 Å². The molecule has 1 aromatic rings. The Labute approximate surface area is 113 Å². The van der Waals surface area contributed by atoms with Crippen molar-refractivity contribution in [2.24, 2.45) is 5.73 Å². The lowest BCUT2D eigenvalue weighted by Crippen LogP contribution is -2.29.